The lowest BCUT2D eigenvalue weighted by Crippen LogP contribution is -2.19. The zero-order chi connectivity index (χ0) is 12.2. The van der Waals surface area contributed by atoms with Gasteiger partial charge in [0.2, 0.25) is 0 Å². The van der Waals surface area contributed by atoms with Crippen LogP contribution in [0.3, 0.4) is 0 Å². The summed E-state index contributed by atoms with van der Waals surface area (Å²) in [6.45, 7) is 3.64. The first-order valence-corrected chi connectivity index (χ1v) is 6.56. The number of ether oxygens (including phenoxy) is 1. The number of aryl methyl sites for hydroxylation is 1. The van der Waals surface area contributed by atoms with Crippen LogP contribution in [0.5, 0.6) is 5.75 Å². The quantitative estimate of drug-likeness (QED) is 0.805. The molecule has 0 radical (unpaired) electrons. The van der Waals surface area contributed by atoms with Crippen molar-refractivity contribution >= 4 is 10.1 Å². The van der Waals surface area contributed by atoms with Crippen molar-refractivity contribution < 1.29 is 17.7 Å². The van der Waals surface area contributed by atoms with Crippen molar-refractivity contribution in [1.29, 1.82) is 0 Å². The van der Waals surface area contributed by atoms with Crippen LogP contribution >= 0.6 is 0 Å². The van der Waals surface area contributed by atoms with Crippen molar-refractivity contribution in [2.45, 2.75) is 25.5 Å². The van der Waals surface area contributed by atoms with Crippen molar-refractivity contribution in [3.8, 4) is 5.75 Å². The van der Waals surface area contributed by atoms with Crippen LogP contribution in [-0.2, 0) is 10.1 Å². The summed E-state index contributed by atoms with van der Waals surface area (Å²) >= 11 is 0. The van der Waals surface area contributed by atoms with E-state index >= 15 is 0 Å². The van der Waals surface area contributed by atoms with Crippen molar-refractivity contribution in [1.82, 2.24) is 0 Å². The third-order valence-corrected chi connectivity index (χ3v) is 3.64. The molecule has 0 aliphatic rings. The maximum atomic E-state index is 10.7. The van der Waals surface area contributed by atoms with Crippen LogP contribution < -0.4 is 4.74 Å². The standard InChI is InChI=1S/C11H16O4S/c1-9-5-3-4-6-11(9)15-8-7-10(2)16(12,13)14/h3-6,10H,7-8H2,1-2H3,(H,12,13,14). The van der Waals surface area contributed by atoms with Gasteiger partial charge in [0.25, 0.3) is 10.1 Å². The Morgan fingerprint density at radius 3 is 2.56 bits per heavy atom. The number of hydrogen-bond acceptors (Lipinski definition) is 3. The van der Waals surface area contributed by atoms with Gasteiger partial charge in [0.15, 0.2) is 0 Å². The Morgan fingerprint density at radius 1 is 1.38 bits per heavy atom. The van der Waals surface area contributed by atoms with Crippen molar-refractivity contribution in [2.24, 2.45) is 0 Å². The SMILES string of the molecule is Cc1ccccc1OCCC(C)S(=O)(=O)O. The third kappa shape index (κ3) is 3.83. The molecule has 4 nitrogen and oxygen atoms in total. The largest absolute Gasteiger partial charge is 0.493 e. The van der Waals surface area contributed by atoms with Gasteiger partial charge in [-0.3, -0.25) is 4.55 Å². The van der Waals surface area contributed by atoms with E-state index in [0.29, 0.717) is 0 Å². The van der Waals surface area contributed by atoms with Gasteiger partial charge in [0, 0.05) is 6.42 Å². The van der Waals surface area contributed by atoms with Crippen molar-refractivity contribution in [3.63, 3.8) is 0 Å². The summed E-state index contributed by atoms with van der Waals surface area (Å²) in [5.74, 6) is 0.741. The second kappa shape index (κ2) is 5.32. The Labute approximate surface area is 96.0 Å². The number of para-hydroxylation sites is 1. The summed E-state index contributed by atoms with van der Waals surface area (Å²) in [6, 6.07) is 7.51. The van der Waals surface area contributed by atoms with Crippen LogP contribution in [0.1, 0.15) is 18.9 Å². The molecule has 0 aliphatic carbocycles. The molecule has 0 fully saturated rings. The topological polar surface area (TPSA) is 63.6 Å². The molecule has 0 amide bonds. The Kier molecular flexibility index (Phi) is 4.32. The molecule has 0 aromatic heterocycles. The lowest BCUT2D eigenvalue weighted by molar-refractivity contribution is 0.304. The van der Waals surface area contributed by atoms with Crippen LogP contribution in [0.25, 0.3) is 0 Å². The van der Waals surface area contributed by atoms with E-state index in [2.05, 4.69) is 0 Å². The third-order valence-electron chi connectivity index (χ3n) is 2.38. The zero-order valence-corrected chi connectivity index (χ0v) is 10.2. The van der Waals surface area contributed by atoms with E-state index in [-0.39, 0.29) is 13.0 Å². The number of rotatable bonds is 5. The predicted molar refractivity (Wildman–Crippen MR) is 62.3 cm³/mol. The molecule has 1 N–H and O–H groups in total. The zero-order valence-electron chi connectivity index (χ0n) is 9.38. The van der Waals surface area contributed by atoms with Crippen LogP contribution in [0, 0.1) is 6.92 Å². The summed E-state index contributed by atoms with van der Waals surface area (Å²) in [7, 11) is -3.95. The molecule has 1 rings (SSSR count). The Bertz CT molecular complexity index is 439. The molecule has 0 saturated heterocycles. The van der Waals surface area contributed by atoms with Gasteiger partial charge in [-0.25, -0.2) is 0 Å². The van der Waals surface area contributed by atoms with Gasteiger partial charge < -0.3 is 4.74 Å². The van der Waals surface area contributed by atoms with E-state index in [1.54, 1.807) is 0 Å². The van der Waals surface area contributed by atoms with Crippen LogP contribution in [0.15, 0.2) is 24.3 Å². The van der Waals surface area contributed by atoms with E-state index < -0.39 is 15.4 Å². The molecule has 1 aromatic rings. The van der Waals surface area contributed by atoms with E-state index in [4.69, 9.17) is 9.29 Å². The smallest absolute Gasteiger partial charge is 0.267 e. The van der Waals surface area contributed by atoms with Gasteiger partial charge in [0.1, 0.15) is 5.75 Å². The Balaban J connectivity index is 2.46. The molecular weight excluding hydrogens is 228 g/mol. The first kappa shape index (κ1) is 13.0. The average Bonchev–Trinajstić information content (AvgIpc) is 2.19. The highest BCUT2D eigenvalue weighted by molar-refractivity contribution is 7.86. The van der Waals surface area contributed by atoms with E-state index in [9.17, 15) is 8.42 Å². The first-order valence-electron chi connectivity index (χ1n) is 5.06. The molecule has 0 saturated carbocycles. The maximum absolute atomic E-state index is 10.7. The number of hydrogen-bond donors (Lipinski definition) is 1. The molecule has 0 spiro atoms. The molecule has 0 heterocycles. The van der Waals surface area contributed by atoms with Gasteiger partial charge in [-0.05, 0) is 25.5 Å². The fourth-order valence-corrected chi connectivity index (χ4v) is 1.60. The van der Waals surface area contributed by atoms with E-state index in [1.165, 1.54) is 6.92 Å². The maximum Gasteiger partial charge on any atom is 0.267 e. The summed E-state index contributed by atoms with van der Waals surface area (Å²) in [6.07, 6.45) is 0.271. The van der Waals surface area contributed by atoms with Crippen LogP contribution in [0.4, 0.5) is 0 Å². The van der Waals surface area contributed by atoms with Gasteiger partial charge in [-0.2, -0.15) is 8.42 Å². The molecule has 1 unspecified atom stereocenters. The average molecular weight is 244 g/mol. The van der Waals surface area contributed by atoms with Gasteiger partial charge in [0.05, 0.1) is 11.9 Å². The second-order valence-electron chi connectivity index (χ2n) is 3.73. The number of benzene rings is 1. The highest BCUT2D eigenvalue weighted by Gasteiger charge is 2.16. The molecule has 16 heavy (non-hydrogen) atoms. The minimum absolute atomic E-state index is 0.270. The highest BCUT2D eigenvalue weighted by Crippen LogP contribution is 2.16. The molecule has 0 bridgehead atoms. The lowest BCUT2D eigenvalue weighted by Gasteiger charge is -2.11. The van der Waals surface area contributed by atoms with Crippen LogP contribution in [-0.4, -0.2) is 24.8 Å². The monoisotopic (exact) mass is 244 g/mol. The lowest BCUT2D eigenvalue weighted by atomic mass is 10.2. The second-order valence-corrected chi connectivity index (χ2v) is 5.56. The van der Waals surface area contributed by atoms with E-state index in [1.807, 2.05) is 31.2 Å². The Hall–Kier alpha value is -1.07. The highest BCUT2D eigenvalue weighted by atomic mass is 32.2. The minimum Gasteiger partial charge on any atom is -0.493 e. The molecule has 1 aromatic carbocycles. The summed E-state index contributed by atoms with van der Waals surface area (Å²) in [5.41, 5.74) is 1.00. The van der Waals surface area contributed by atoms with Gasteiger partial charge >= 0.3 is 0 Å². The van der Waals surface area contributed by atoms with Gasteiger partial charge in [-0.1, -0.05) is 18.2 Å². The molecule has 0 aliphatic heterocycles. The normalized spacial score (nSPS) is 13.4. The summed E-state index contributed by atoms with van der Waals surface area (Å²) < 4.78 is 35.7. The first-order chi connectivity index (χ1) is 7.41. The fraction of sp³-hybridized carbons (Fsp3) is 0.455. The van der Waals surface area contributed by atoms with Gasteiger partial charge in [-0.15, -0.1) is 0 Å². The molecule has 5 heteroatoms. The molecular formula is C11H16O4S. The molecule has 90 valence electrons. The summed E-state index contributed by atoms with van der Waals surface area (Å²) in [4.78, 5) is 0. The Morgan fingerprint density at radius 2 is 2.00 bits per heavy atom. The molecule has 1 atom stereocenters. The van der Waals surface area contributed by atoms with Crippen molar-refractivity contribution in [3.05, 3.63) is 29.8 Å². The van der Waals surface area contributed by atoms with E-state index in [0.717, 1.165) is 11.3 Å². The summed E-state index contributed by atoms with van der Waals surface area (Å²) in [5, 5.41) is -0.795. The van der Waals surface area contributed by atoms with Crippen LogP contribution in [0.2, 0.25) is 0 Å². The fourth-order valence-electron chi connectivity index (χ4n) is 1.20. The van der Waals surface area contributed by atoms with Crippen molar-refractivity contribution in [2.75, 3.05) is 6.61 Å². The minimum atomic E-state index is -3.95. The predicted octanol–water partition coefficient (Wildman–Crippen LogP) is 2.04.